The highest BCUT2D eigenvalue weighted by Gasteiger charge is 2.27. The van der Waals surface area contributed by atoms with Crippen LogP contribution in [-0.2, 0) is 24.4 Å². The molecular weight excluding hydrogens is 553 g/mol. The van der Waals surface area contributed by atoms with Gasteiger partial charge in [-0.1, -0.05) is 12.1 Å². The van der Waals surface area contributed by atoms with E-state index >= 15 is 0 Å². The molecular formula is C32H32FN5O5. The molecule has 0 spiro atoms. The number of aromatic carboxylic acids is 1. The summed E-state index contributed by atoms with van der Waals surface area (Å²) >= 11 is 0. The molecule has 0 bridgehead atoms. The van der Waals surface area contributed by atoms with Crippen LogP contribution in [0.25, 0.3) is 11.0 Å². The maximum absolute atomic E-state index is 14.3. The molecule has 0 aliphatic carbocycles. The zero-order valence-corrected chi connectivity index (χ0v) is 23.3. The van der Waals surface area contributed by atoms with Crippen LogP contribution >= 0.6 is 0 Å². The number of imidazole rings is 1. The van der Waals surface area contributed by atoms with Gasteiger partial charge >= 0.3 is 5.97 Å². The zero-order chi connectivity index (χ0) is 32.4. The topological polar surface area (TPSA) is 123 Å². The van der Waals surface area contributed by atoms with Gasteiger partial charge in [0, 0.05) is 29.8 Å². The van der Waals surface area contributed by atoms with Crippen LogP contribution in [0.3, 0.4) is 0 Å². The lowest BCUT2D eigenvalue weighted by molar-refractivity contribution is -0.0592. The van der Waals surface area contributed by atoms with Crippen molar-refractivity contribution in [2.75, 3.05) is 26.7 Å². The van der Waals surface area contributed by atoms with Crippen LogP contribution in [0.4, 0.5) is 4.39 Å². The molecule has 2 fully saturated rings. The van der Waals surface area contributed by atoms with Gasteiger partial charge in [-0.25, -0.2) is 19.2 Å². The Hall–Kier alpha value is -4.53. The lowest BCUT2D eigenvalue weighted by atomic mass is 9.93. The Morgan fingerprint density at radius 3 is 2.74 bits per heavy atom. The molecule has 0 unspecified atom stereocenters. The quantitative estimate of drug-likeness (QED) is 0.276. The Kier molecular flexibility index (Phi) is 7.20. The van der Waals surface area contributed by atoms with Crippen molar-refractivity contribution in [3.8, 4) is 17.7 Å². The summed E-state index contributed by atoms with van der Waals surface area (Å²) < 4.78 is 55.6. The lowest BCUT2D eigenvalue weighted by Crippen LogP contribution is -2.35. The minimum atomic E-state index is -2.77. The molecule has 2 aliphatic heterocycles. The molecule has 10 nitrogen and oxygen atoms in total. The van der Waals surface area contributed by atoms with E-state index in [4.69, 9.17) is 28.6 Å². The molecule has 1 atom stereocenters. The number of nitrogens with zero attached hydrogens (tertiary/aromatic N) is 5. The largest absolute Gasteiger partial charge is 0.494 e. The van der Waals surface area contributed by atoms with Crippen molar-refractivity contribution in [2.45, 2.75) is 51.0 Å². The maximum atomic E-state index is 14.3. The second-order valence-corrected chi connectivity index (χ2v) is 10.8. The average Bonchev–Trinajstić information content (AvgIpc) is 3.34. The number of fused-ring (bicyclic) bond motifs is 1. The number of rotatable bonds is 10. The van der Waals surface area contributed by atoms with Crippen molar-refractivity contribution >= 4 is 17.0 Å². The summed E-state index contributed by atoms with van der Waals surface area (Å²) in [6, 6.07) is 14.4. The number of methoxy groups -OCH3 is 1. The Morgan fingerprint density at radius 1 is 1.21 bits per heavy atom. The molecule has 2 aliphatic rings. The molecule has 0 amide bonds. The van der Waals surface area contributed by atoms with Crippen LogP contribution in [-0.4, -0.2) is 63.3 Å². The number of halogens is 1. The number of ether oxygens (including phenoxy) is 3. The molecule has 0 radical (unpaired) electrons. The average molecular weight is 589 g/mol. The first-order valence-corrected chi connectivity index (χ1v) is 14.1. The van der Waals surface area contributed by atoms with Gasteiger partial charge in [0.05, 0.1) is 53.1 Å². The van der Waals surface area contributed by atoms with E-state index < -0.39 is 18.8 Å². The Bertz CT molecular complexity index is 1800. The third-order valence-electron chi connectivity index (χ3n) is 8.11. The van der Waals surface area contributed by atoms with Crippen molar-refractivity contribution in [2.24, 2.45) is 0 Å². The molecule has 4 heterocycles. The van der Waals surface area contributed by atoms with Gasteiger partial charge in [-0.05, 0) is 62.7 Å². The number of nitriles is 1. The van der Waals surface area contributed by atoms with Crippen LogP contribution in [0.1, 0.15) is 62.3 Å². The fraction of sp³-hybridized carbons (Fsp3) is 0.375. The van der Waals surface area contributed by atoms with Crippen LogP contribution in [0.15, 0.2) is 48.5 Å². The SMILES string of the molecule is [2H]C([2H])([2H])Oc1cc(C(=O)O)cc2c1nc(CN1CCC(c3cccc(OCc4ccc(C#N)cc4F)n3)CC1)n2C[C@@H]1CCO1. The predicted molar refractivity (Wildman–Crippen MR) is 155 cm³/mol. The second kappa shape index (κ2) is 12.4. The van der Waals surface area contributed by atoms with Gasteiger partial charge in [-0.2, -0.15) is 5.26 Å². The predicted octanol–water partition coefficient (Wildman–Crippen LogP) is 4.90. The summed E-state index contributed by atoms with van der Waals surface area (Å²) in [5.74, 6) is -0.543. The highest BCUT2D eigenvalue weighted by Crippen LogP contribution is 2.32. The standard InChI is InChI=1S/C32H32FN5O5/c1-41-28-15-23(32(39)40)14-27-31(28)36-29(38(27)17-24-9-12-42-24)18-37-10-7-21(8-11-37)26-3-2-4-30(35-26)43-19-22-6-5-20(16-34)13-25(22)33/h2-6,13-15,21,24H,7-12,17-19H2,1H3,(H,39,40)/t24-/m0/s1/i1D3. The summed E-state index contributed by atoms with van der Waals surface area (Å²) in [6.45, 7) is 3.07. The van der Waals surface area contributed by atoms with Gasteiger partial charge < -0.3 is 23.9 Å². The Morgan fingerprint density at radius 2 is 2.05 bits per heavy atom. The number of hydrogen-bond acceptors (Lipinski definition) is 8. The van der Waals surface area contributed by atoms with Crippen LogP contribution in [0.2, 0.25) is 0 Å². The molecule has 0 saturated carbocycles. The number of likely N-dealkylation sites (tertiary alicyclic amines) is 1. The summed E-state index contributed by atoms with van der Waals surface area (Å²) in [5, 5.41) is 18.7. The maximum Gasteiger partial charge on any atom is 0.335 e. The fourth-order valence-electron chi connectivity index (χ4n) is 5.61. The highest BCUT2D eigenvalue weighted by molar-refractivity contribution is 5.95. The summed E-state index contributed by atoms with van der Waals surface area (Å²) in [5.41, 5.74) is 2.17. The molecule has 1 N–H and O–H groups in total. The number of piperidine rings is 1. The smallest absolute Gasteiger partial charge is 0.335 e. The minimum Gasteiger partial charge on any atom is -0.494 e. The molecule has 2 saturated heterocycles. The number of hydrogen-bond donors (Lipinski definition) is 1. The number of pyridine rings is 1. The van der Waals surface area contributed by atoms with Crippen molar-refractivity contribution in [1.82, 2.24) is 19.4 Å². The zero-order valence-electron chi connectivity index (χ0n) is 26.3. The molecule has 222 valence electrons. The van der Waals surface area contributed by atoms with E-state index in [1.54, 1.807) is 12.1 Å². The summed E-state index contributed by atoms with van der Waals surface area (Å²) in [7, 11) is -2.77. The van der Waals surface area contributed by atoms with E-state index in [0.29, 0.717) is 48.0 Å². The highest BCUT2D eigenvalue weighted by atomic mass is 19.1. The van der Waals surface area contributed by atoms with Gasteiger partial charge in [0.1, 0.15) is 29.5 Å². The van der Waals surface area contributed by atoms with Crippen molar-refractivity contribution < 1.29 is 32.6 Å². The van der Waals surface area contributed by atoms with Gasteiger partial charge in [-0.3, -0.25) is 4.90 Å². The second-order valence-electron chi connectivity index (χ2n) is 10.8. The van der Waals surface area contributed by atoms with Gasteiger partial charge in [-0.15, -0.1) is 0 Å². The third-order valence-corrected chi connectivity index (χ3v) is 8.11. The van der Waals surface area contributed by atoms with Gasteiger partial charge in [0.2, 0.25) is 5.88 Å². The lowest BCUT2D eigenvalue weighted by Gasteiger charge is -2.32. The first-order chi connectivity index (χ1) is 22.1. The number of carboxylic acids is 1. The van der Waals surface area contributed by atoms with Gasteiger partial charge in [0.15, 0.2) is 0 Å². The van der Waals surface area contributed by atoms with E-state index in [1.807, 2.05) is 22.8 Å². The van der Waals surface area contributed by atoms with Crippen LogP contribution in [0.5, 0.6) is 11.6 Å². The van der Waals surface area contributed by atoms with E-state index in [9.17, 15) is 14.3 Å². The Balaban J connectivity index is 1.16. The minimum absolute atomic E-state index is 0.00753. The molecule has 43 heavy (non-hydrogen) atoms. The first-order valence-electron chi connectivity index (χ1n) is 15.6. The fourth-order valence-corrected chi connectivity index (χ4v) is 5.61. The van der Waals surface area contributed by atoms with E-state index in [2.05, 4.69) is 9.88 Å². The number of carboxylic acid groups (broad SMARTS) is 1. The van der Waals surface area contributed by atoms with Crippen molar-refractivity contribution in [3.05, 3.63) is 82.6 Å². The third kappa shape index (κ3) is 6.16. The molecule has 2 aromatic heterocycles. The molecule has 11 heteroatoms. The van der Waals surface area contributed by atoms with Gasteiger partial charge in [0.25, 0.3) is 0 Å². The Labute approximate surface area is 252 Å². The number of aromatic nitrogens is 3. The molecule has 6 rings (SSSR count). The van der Waals surface area contributed by atoms with E-state index in [-0.39, 0.29) is 35.5 Å². The van der Waals surface area contributed by atoms with Crippen molar-refractivity contribution in [3.63, 3.8) is 0 Å². The van der Waals surface area contributed by atoms with Crippen molar-refractivity contribution in [1.29, 1.82) is 5.26 Å². The number of carbonyl (C=O) groups is 1. The first kappa shape index (κ1) is 25.0. The molecule has 4 aromatic rings. The summed E-state index contributed by atoms with van der Waals surface area (Å²) in [4.78, 5) is 23.6. The number of benzene rings is 2. The molecule has 2 aromatic carbocycles. The van der Waals surface area contributed by atoms with E-state index in [0.717, 1.165) is 38.0 Å². The summed E-state index contributed by atoms with van der Waals surface area (Å²) in [6.07, 6.45) is 2.46. The monoisotopic (exact) mass is 588 g/mol. The van der Waals surface area contributed by atoms with Crippen LogP contribution in [0, 0.1) is 17.1 Å². The van der Waals surface area contributed by atoms with E-state index in [1.165, 1.54) is 24.3 Å². The normalized spacial score (nSPS) is 18.7. The van der Waals surface area contributed by atoms with Crippen LogP contribution < -0.4 is 9.47 Å².